The van der Waals surface area contributed by atoms with Crippen molar-refractivity contribution in [1.82, 2.24) is 4.57 Å². The molecule has 1 fully saturated rings. The van der Waals surface area contributed by atoms with E-state index in [4.69, 9.17) is 11.6 Å². The Balaban J connectivity index is 1.65. The lowest BCUT2D eigenvalue weighted by atomic mass is 9.83. The van der Waals surface area contributed by atoms with E-state index in [0.29, 0.717) is 11.1 Å². The van der Waals surface area contributed by atoms with Crippen LogP contribution in [0.5, 0.6) is 0 Å². The number of anilines is 1. The lowest BCUT2D eigenvalue weighted by molar-refractivity contribution is -0.137. The molecular formula is C30H26ClF3N2O3. The highest BCUT2D eigenvalue weighted by atomic mass is 35.5. The number of hydrogen-bond acceptors (Lipinski definition) is 2. The van der Waals surface area contributed by atoms with Gasteiger partial charge in [0.2, 0.25) is 5.91 Å². The molecule has 5 rings (SSSR count). The summed E-state index contributed by atoms with van der Waals surface area (Å²) in [7, 11) is 0. The quantitative estimate of drug-likeness (QED) is 0.251. The number of rotatable bonds is 6. The number of nitrogens with zero attached hydrogens (tertiary/aromatic N) is 1. The van der Waals surface area contributed by atoms with Gasteiger partial charge in [0, 0.05) is 21.6 Å². The predicted octanol–water partition coefficient (Wildman–Crippen LogP) is 8.44. The summed E-state index contributed by atoms with van der Waals surface area (Å²) in [5.41, 5.74) is 0.203. The topological polar surface area (TPSA) is 71.3 Å². The van der Waals surface area contributed by atoms with Gasteiger partial charge in [-0.05, 0) is 66.8 Å². The third-order valence-electron chi connectivity index (χ3n) is 7.36. The molecule has 1 saturated carbocycles. The number of para-hydroxylation sites is 1. The Labute approximate surface area is 228 Å². The van der Waals surface area contributed by atoms with E-state index >= 15 is 0 Å². The number of carbonyl (C=O) groups excluding carboxylic acids is 1. The number of fused-ring (bicyclic) bond motifs is 1. The van der Waals surface area contributed by atoms with E-state index in [-0.39, 0.29) is 5.92 Å². The highest BCUT2D eigenvalue weighted by Gasteiger charge is 2.38. The molecule has 1 heterocycles. The molecule has 1 aliphatic rings. The van der Waals surface area contributed by atoms with Gasteiger partial charge in [-0.2, -0.15) is 13.2 Å². The number of hydrogen-bond donors (Lipinski definition) is 2. The van der Waals surface area contributed by atoms with Crippen LogP contribution in [0.3, 0.4) is 0 Å². The summed E-state index contributed by atoms with van der Waals surface area (Å²) in [5, 5.41) is 13.2. The van der Waals surface area contributed by atoms with Crippen molar-refractivity contribution in [2.75, 3.05) is 5.32 Å². The van der Waals surface area contributed by atoms with Crippen molar-refractivity contribution >= 4 is 40.1 Å². The Morgan fingerprint density at radius 3 is 2.31 bits per heavy atom. The first-order chi connectivity index (χ1) is 18.6. The van der Waals surface area contributed by atoms with Crippen LogP contribution in [0.1, 0.15) is 54.1 Å². The summed E-state index contributed by atoms with van der Waals surface area (Å²) in [5.74, 6) is -2.16. The van der Waals surface area contributed by atoms with Crippen LogP contribution < -0.4 is 5.32 Å². The van der Waals surface area contributed by atoms with Crippen LogP contribution in [0.15, 0.2) is 72.8 Å². The van der Waals surface area contributed by atoms with Crippen molar-refractivity contribution in [3.8, 4) is 11.3 Å². The zero-order chi connectivity index (χ0) is 27.7. The second-order valence-corrected chi connectivity index (χ2v) is 10.3. The third-order valence-corrected chi connectivity index (χ3v) is 7.61. The number of amides is 1. The molecule has 3 aromatic carbocycles. The van der Waals surface area contributed by atoms with Gasteiger partial charge in [0.05, 0.1) is 16.8 Å². The number of carboxylic acids is 1. The number of carbonyl (C=O) groups is 2. The Morgan fingerprint density at radius 1 is 0.949 bits per heavy atom. The molecule has 1 aliphatic carbocycles. The zero-order valence-electron chi connectivity index (χ0n) is 20.8. The Bertz CT molecular complexity index is 1520. The number of carboxylic acid groups (broad SMARTS) is 1. The van der Waals surface area contributed by atoms with Crippen LogP contribution in [0.4, 0.5) is 18.9 Å². The number of benzene rings is 3. The van der Waals surface area contributed by atoms with E-state index < -0.39 is 40.9 Å². The molecule has 39 heavy (non-hydrogen) atoms. The zero-order valence-corrected chi connectivity index (χ0v) is 21.6. The van der Waals surface area contributed by atoms with Crippen LogP contribution in [0.2, 0.25) is 5.02 Å². The summed E-state index contributed by atoms with van der Waals surface area (Å²) in [6.07, 6.45) is -0.460. The fourth-order valence-electron chi connectivity index (χ4n) is 5.54. The van der Waals surface area contributed by atoms with Gasteiger partial charge in [-0.25, -0.2) is 4.79 Å². The Kier molecular flexibility index (Phi) is 7.40. The summed E-state index contributed by atoms with van der Waals surface area (Å²) >= 11 is 6.13. The van der Waals surface area contributed by atoms with E-state index in [0.717, 1.165) is 66.4 Å². The lowest BCUT2D eigenvalue weighted by Gasteiger charge is -2.32. The monoisotopic (exact) mass is 554 g/mol. The first-order valence-electron chi connectivity index (χ1n) is 12.7. The SMILES string of the molecule is O=C(O)c1ccc(NC(=O)[C@H](C2CCCCC2)n2c(-c3ccc(Cl)cc3)cc3ccccc32)c(C(F)(F)F)c1. The molecule has 0 unspecified atom stereocenters. The average molecular weight is 555 g/mol. The van der Waals surface area contributed by atoms with Crippen molar-refractivity contribution in [2.24, 2.45) is 5.92 Å². The Morgan fingerprint density at radius 2 is 1.64 bits per heavy atom. The fraction of sp³-hybridized carbons (Fsp3) is 0.267. The van der Waals surface area contributed by atoms with E-state index in [9.17, 15) is 27.9 Å². The molecule has 1 atom stereocenters. The average Bonchev–Trinajstić information content (AvgIpc) is 3.28. The summed E-state index contributed by atoms with van der Waals surface area (Å²) in [6.45, 7) is 0. The van der Waals surface area contributed by atoms with Gasteiger partial charge in [-0.15, -0.1) is 0 Å². The summed E-state index contributed by atoms with van der Waals surface area (Å²) in [4.78, 5) is 25.4. The molecule has 0 spiro atoms. The minimum absolute atomic E-state index is 0.103. The minimum Gasteiger partial charge on any atom is -0.478 e. The molecule has 0 bridgehead atoms. The standard InChI is InChI=1S/C30H26ClF3N2O3/c31-22-13-10-18(11-14-22)26-17-20-8-4-5-9-25(20)36(26)27(19-6-2-1-3-7-19)28(37)35-24-15-12-21(29(38)39)16-23(24)30(32,33)34/h4-5,8-17,19,27H,1-3,6-7H2,(H,35,37)(H,38,39)/t27-/m0/s1. The van der Waals surface area contributed by atoms with Gasteiger partial charge >= 0.3 is 12.1 Å². The molecule has 0 saturated heterocycles. The maximum Gasteiger partial charge on any atom is 0.418 e. The number of aromatic carboxylic acids is 1. The van der Waals surface area contributed by atoms with Crippen LogP contribution in [0, 0.1) is 5.92 Å². The molecule has 1 amide bonds. The van der Waals surface area contributed by atoms with Gasteiger partial charge in [0.1, 0.15) is 6.04 Å². The largest absolute Gasteiger partial charge is 0.478 e. The predicted molar refractivity (Wildman–Crippen MR) is 145 cm³/mol. The molecule has 2 N–H and O–H groups in total. The lowest BCUT2D eigenvalue weighted by Crippen LogP contribution is -2.34. The van der Waals surface area contributed by atoms with Crippen molar-refractivity contribution in [2.45, 2.75) is 44.3 Å². The molecule has 202 valence electrons. The fourth-order valence-corrected chi connectivity index (χ4v) is 5.66. The highest BCUT2D eigenvalue weighted by molar-refractivity contribution is 6.30. The smallest absolute Gasteiger partial charge is 0.418 e. The number of alkyl halides is 3. The number of halogens is 4. The molecule has 0 radical (unpaired) electrons. The van der Waals surface area contributed by atoms with E-state index in [2.05, 4.69) is 5.32 Å². The first-order valence-corrected chi connectivity index (χ1v) is 13.1. The Hall–Kier alpha value is -3.78. The summed E-state index contributed by atoms with van der Waals surface area (Å²) in [6, 6.07) is 18.6. The number of nitrogens with one attached hydrogen (secondary N) is 1. The summed E-state index contributed by atoms with van der Waals surface area (Å²) < 4.78 is 43.7. The van der Waals surface area contributed by atoms with Crippen molar-refractivity contribution in [1.29, 1.82) is 0 Å². The molecule has 1 aromatic heterocycles. The second kappa shape index (κ2) is 10.8. The van der Waals surface area contributed by atoms with Crippen LogP contribution >= 0.6 is 11.6 Å². The van der Waals surface area contributed by atoms with E-state index in [1.807, 2.05) is 47.0 Å². The van der Waals surface area contributed by atoms with E-state index in [1.54, 1.807) is 12.1 Å². The normalized spacial score (nSPS) is 15.3. The molecule has 4 aromatic rings. The van der Waals surface area contributed by atoms with Gasteiger partial charge in [-0.1, -0.05) is 61.2 Å². The molecule has 5 nitrogen and oxygen atoms in total. The van der Waals surface area contributed by atoms with Gasteiger partial charge in [0.25, 0.3) is 0 Å². The van der Waals surface area contributed by atoms with Gasteiger partial charge in [-0.3, -0.25) is 4.79 Å². The molecule has 9 heteroatoms. The maximum atomic E-state index is 14.1. The van der Waals surface area contributed by atoms with Crippen LogP contribution in [-0.4, -0.2) is 21.6 Å². The van der Waals surface area contributed by atoms with Crippen molar-refractivity contribution in [3.63, 3.8) is 0 Å². The van der Waals surface area contributed by atoms with Gasteiger partial charge in [0.15, 0.2) is 0 Å². The second-order valence-electron chi connectivity index (χ2n) is 9.86. The molecule has 0 aliphatic heterocycles. The van der Waals surface area contributed by atoms with Crippen LogP contribution in [0.25, 0.3) is 22.2 Å². The van der Waals surface area contributed by atoms with E-state index in [1.165, 1.54) is 0 Å². The first kappa shape index (κ1) is 26.8. The van der Waals surface area contributed by atoms with Gasteiger partial charge < -0.3 is 15.0 Å². The maximum absolute atomic E-state index is 14.1. The van der Waals surface area contributed by atoms with Crippen molar-refractivity contribution < 1.29 is 27.9 Å². The highest BCUT2D eigenvalue weighted by Crippen LogP contribution is 2.41. The van der Waals surface area contributed by atoms with Crippen LogP contribution in [-0.2, 0) is 11.0 Å². The molecular weight excluding hydrogens is 529 g/mol. The minimum atomic E-state index is -4.86. The van der Waals surface area contributed by atoms with Crippen molar-refractivity contribution in [3.05, 3.63) is 88.9 Å². The number of aromatic nitrogens is 1. The third kappa shape index (κ3) is 5.52.